The highest BCUT2D eigenvalue weighted by atomic mass is 35.5. The van der Waals surface area contributed by atoms with Gasteiger partial charge >= 0.3 is 6.03 Å². The first-order chi connectivity index (χ1) is 8.25. The molecule has 3 N–H and O–H groups in total. The summed E-state index contributed by atoms with van der Waals surface area (Å²) in [5, 5.41) is 2.13. The largest absolute Gasteiger partial charge is 0.344 e. The van der Waals surface area contributed by atoms with Crippen molar-refractivity contribution in [2.75, 3.05) is 33.2 Å². The fraction of sp³-hybridized carbons (Fsp3) is 0.727. The third-order valence-corrected chi connectivity index (χ3v) is 2.84. The van der Waals surface area contributed by atoms with Crippen molar-refractivity contribution in [1.82, 2.24) is 15.1 Å². The molecule has 0 radical (unpaired) electrons. The fourth-order valence-corrected chi connectivity index (χ4v) is 1.69. The van der Waals surface area contributed by atoms with Crippen molar-refractivity contribution in [3.63, 3.8) is 0 Å². The summed E-state index contributed by atoms with van der Waals surface area (Å²) >= 11 is 0. The molecular formula is C11H21ClN4O3. The molecule has 0 spiro atoms. The Labute approximate surface area is 118 Å². The van der Waals surface area contributed by atoms with Crippen LogP contribution in [0.5, 0.6) is 0 Å². The Bertz CT molecular complexity index is 373. The normalized spacial score (nSPS) is 15.1. The van der Waals surface area contributed by atoms with Gasteiger partial charge in [-0.2, -0.15) is 0 Å². The molecule has 1 aliphatic heterocycles. The van der Waals surface area contributed by atoms with Crippen LogP contribution in [0.3, 0.4) is 0 Å². The molecule has 0 aromatic rings. The van der Waals surface area contributed by atoms with Gasteiger partial charge < -0.3 is 15.5 Å². The Balaban J connectivity index is 0.00000324. The fourth-order valence-electron chi connectivity index (χ4n) is 1.69. The number of imide groups is 1. The standard InChI is InChI=1S/C11H20N4O3.ClH/c1-11(2,6-12)7-14(3)9(17)5-15-4-8(16)13-10(15)18;/h4-7,12H2,1-3H3,(H,13,16,18);1H. The zero-order chi connectivity index (χ0) is 13.9. The zero-order valence-corrected chi connectivity index (χ0v) is 12.2. The van der Waals surface area contributed by atoms with Gasteiger partial charge in [-0.15, -0.1) is 12.4 Å². The molecule has 0 bridgehead atoms. The molecule has 0 saturated carbocycles. The van der Waals surface area contributed by atoms with Crippen LogP contribution in [0.1, 0.15) is 13.8 Å². The summed E-state index contributed by atoms with van der Waals surface area (Å²) in [7, 11) is 1.66. The molecule has 0 unspecified atom stereocenters. The first-order valence-corrected chi connectivity index (χ1v) is 5.78. The molecular weight excluding hydrogens is 272 g/mol. The van der Waals surface area contributed by atoms with Gasteiger partial charge in [0.05, 0.1) is 0 Å². The monoisotopic (exact) mass is 292 g/mol. The third kappa shape index (κ3) is 5.04. The number of hydrogen-bond donors (Lipinski definition) is 2. The topological polar surface area (TPSA) is 95.7 Å². The lowest BCUT2D eigenvalue weighted by molar-refractivity contribution is -0.131. The van der Waals surface area contributed by atoms with Crippen LogP contribution in [0.15, 0.2) is 0 Å². The van der Waals surface area contributed by atoms with E-state index >= 15 is 0 Å². The lowest BCUT2D eigenvalue weighted by Crippen LogP contribution is -2.44. The summed E-state index contributed by atoms with van der Waals surface area (Å²) in [4.78, 5) is 36.9. The number of nitrogens with one attached hydrogen (secondary N) is 1. The van der Waals surface area contributed by atoms with E-state index < -0.39 is 6.03 Å². The van der Waals surface area contributed by atoms with Gasteiger partial charge in [-0.25, -0.2) is 4.79 Å². The quantitative estimate of drug-likeness (QED) is 0.662. The van der Waals surface area contributed by atoms with Crippen LogP contribution >= 0.6 is 12.4 Å². The first-order valence-electron chi connectivity index (χ1n) is 5.78. The minimum Gasteiger partial charge on any atom is -0.344 e. The molecule has 4 amide bonds. The van der Waals surface area contributed by atoms with Gasteiger partial charge in [-0.3, -0.25) is 14.9 Å². The second-order valence-corrected chi connectivity index (χ2v) is 5.33. The maximum atomic E-state index is 11.9. The highest BCUT2D eigenvalue weighted by Gasteiger charge is 2.30. The molecule has 19 heavy (non-hydrogen) atoms. The first kappa shape index (κ1) is 17.7. The number of urea groups is 1. The highest BCUT2D eigenvalue weighted by Crippen LogP contribution is 2.14. The summed E-state index contributed by atoms with van der Waals surface area (Å²) < 4.78 is 0. The smallest absolute Gasteiger partial charge is 0.325 e. The molecule has 1 rings (SSSR count). The van der Waals surface area contributed by atoms with Gasteiger partial charge in [0.2, 0.25) is 11.8 Å². The van der Waals surface area contributed by atoms with Crippen molar-refractivity contribution < 1.29 is 14.4 Å². The van der Waals surface area contributed by atoms with E-state index in [-0.39, 0.29) is 42.7 Å². The highest BCUT2D eigenvalue weighted by molar-refractivity contribution is 6.03. The van der Waals surface area contributed by atoms with E-state index in [0.29, 0.717) is 13.1 Å². The minimum absolute atomic E-state index is 0. The number of amides is 4. The van der Waals surface area contributed by atoms with E-state index in [0.717, 1.165) is 0 Å². The Morgan fingerprint density at radius 3 is 2.47 bits per heavy atom. The van der Waals surface area contributed by atoms with Gasteiger partial charge in [0.25, 0.3) is 0 Å². The lowest BCUT2D eigenvalue weighted by atomic mass is 9.93. The van der Waals surface area contributed by atoms with Gasteiger partial charge in [0.1, 0.15) is 13.1 Å². The summed E-state index contributed by atoms with van der Waals surface area (Å²) in [6.07, 6.45) is 0. The average molecular weight is 293 g/mol. The second kappa shape index (κ2) is 6.72. The van der Waals surface area contributed by atoms with E-state index in [1.165, 1.54) is 9.80 Å². The summed E-state index contributed by atoms with van der Waals surface area (Å²) in [5.74, 6) is -0.584. The molecule has 110 valence electrons. The minimum atomic E-state index is -0.514. The van der Waals surface area contributed by atoms with Crippen LogP contribution in [0.4, 0.5) is 4.79 Å². The molecule has 0 atom stereocenters. The van der Waals surface area contributed by atoms with Crippen LogP contribution in [0, 0.1) is 5.41 Å². The van der Waals surface area contributed by atoms with E-state index in [9.17, 15) is 14.4 Å². The second-order valence-electron chi connectivity index (χ2n) is 5.33. The molecule has 1 heterocycles. The van der Waals surface area contributed by atoms with Crippen molar-refractivity contribution in [3.05, 3.63) is 0 Å². The van der Waals surface area contributed by atoms with Gasteiger partial charge in [0.15, 0.2) is 0 Å². The third-order valence-electron chi connectivity index (χ3n) is 2.84. The maximum absolute atomic E-state index is 11.9. The van der Waals surface area contributed by atoms with Crippen LogP contribution in [-0.4, -0.2) is 60.9 Å². The van der Waals surface area contributed by atoms with Crippen molar-refractivity contribution >= 4 is 30.3 Å². The number of rotatable bonds is 5. The molecule has 0 aromatic heterocycles. The molecule has 1 aliphatic rings. The Morgan fingerprint density at radius 1 is 1.47 bits per heavy atom. The Kier molecular flexibility index (Phi) is 6.24. The van der Waals surface area contributed by atoms with Crippen molar-refractivity contribution in [3.8, 4) is 0 Å². The van der Waals surface area contributed by atoms with E-state index in [2.05, 4.69) is 5.32 Å². The zero-order valence-electron chi connectivity index (χ0n) is 11.4. The summed E-state index contributed by atoms with van der Waals surface area (Å²) in [5.41, 5.74) is 5.43. The van der Waals surface area contributed by atoms with Gasteiger partial charge in [0, 0.05) is 13.6 Å². The van der Waals surface area contributed by atoms with Crippen LogP contribution in [0.2, 0.25) is 0 Å². The van der Waals surface area contributed by atoms with Crippen LogP contribution in [0.25, 0.3) is 0 Å². The van der Waals surface area contributed by atoms with Crippen LogP contribution < -0.4 is 11.1 Å². The molecule has 1 fully saturated rings. The number of halogens is 1. The van der Waals surface area contributed by atoms with Crippen molar-refractivity contribution in [1.29, 1.82) is 0 Å². The van der Waals surface area contributed by atoms with Crippen molar-refractivity contribution in [2.45, 2.75) is 13.8 Å². The predicted molar refractivity (Wildman–Crippen MR) is 72.8 cm³/mol. The van der Waals surface area contributed by atoms with E-state index in [1.54, 1.807) is 7.05 Å². The summed E-state index contributed by atoms with van der Waals surface area (Å²) in [6, 6.07) is -0.514. The molecule has 7 nitrogen and oxygen atoms in total. The predicted octanol–water partition coefficient (Wildman–Crippen LogP) is -0.597. The number of carbonyl (C=O) groups is 3. The number of likely N-dealkylation sites (N-methyl/N-ethyl adjacent to an activating group) is 1. The number of nitrogens with zero attached hydrogens (tertiary/aromatic N) is 2. The summed E-state index contributed by atoms with van der Waals surface area (Å²) in [6.45, 7) is 4.75. The van der Waals surface area contributed by atoms with Gasteiger partial charge in [-0.1, -0.05) is 13.8 Å². The average Bonchev–Trinajstić information content (AvgIpc) is 2.56. The molecule has 0 aromatic carbocycles. The Hall–Kier alpha value is -1.34. The van der Waals surface area contributed by atoms with Crippen molar-refractivity contribution in [2.24, 2.45) is 11.1 Å². The molecule has 1 saturated heterocycles. The van der Waals surface area contributed by atoms with Gasteiger partial charge in [-0.05, 0) is 12.0 Å². The SMILES string of the molecule is CN(CC(C)(C)CN)C(=O)CN1CC(=O)NC1=O.Cl. The van der Waals surface area contributed by atoms with E-state index in [4.69, 9.17) is 5.73 Å². The molecule has 8 heteroatoms. The number of nitrogens with two attached hydrogens (primary N) is 1. The Morgan fingerprint density at radius 2 is 2.05 bits per heavy atom. The maximum Gasteiger partial charge on any atom is 0.325 e. The van der Waals surface area contributed by atoms with Crippen LogP contribution in [-0.2, 0) is 9.59 Å². The molecule has 0 aliphatic carbocycles. The lowest BCUT2D eigenvalue weighted by Gasteiger charge is -2.29. The number of carbonyl (C=O) groups excluding carboxylic acids is 3. The number of hydrogen-bond acceptors (Lipinski definition) is 4. The van der Waals surface area contributed by atoms with E-state index in [1.807, 2.05) is 13.8 Å².